The molecule has 158 valence electrons. The summed E-state index contributed by atoms with van der Waals surface area (Å²) in [6, 6.07) is 10.7. The number of amides is 1. The van der Waals surface area contributed by atoms with Crippen LogP contribution in [-0.2, 0) is 11.3 Å². The van der Waals surface area contributed by atoms with Gasteiger partial charge in [-0.25, -0.2) is 14.8 Å². The van der Waals surface area contributed by atoms with Crippen molar-refractivity contribution in [1.29, 1.82) is 0 Å². The third-order valence-electron chi connectivity index (χ3n) is 5.51. The lowest BCUT2D eigenvalue weighted by Crippen LogP contribution is -2.49. The van der Waals surface area contributed by atoms with E-state index in [-0.39, 0.29) is 18.9 Å². The van der Waals surface area contributed by atoms with Gasteiger partial charge in [-0.05, 0) is 24.3 Å². The van der Waals surface area contributed by atoms with E-state index in [9.17, 15) is 14.4 Å². The molecule has 3 aromatic heterocycles. The molecule has 0 spiro atoms. The number of anilines is 1. The number of H-pyrrole nitrogens is 1. The van der Waals surface area contributed by atoms with Crippen LogP contribution >= 0.6 is 11.3 Å². The minimum Gasteiger partial charge on any atom is -0.344 e. The minimum absolute atomic E-state index is 0.00667. The lowest BCUT2D eigenvalue weighted by molar-refractivity contribution is -0.131. The number of carbonyl (C=O) groups excluding carboxylic acids is 1. The molecule has 0 bridgehead atoms. The van der Waals surface area contributed by atoms with Crippen molar-refractivity contribution in [3.63, 3.8) is 0 Å². The van der Waals surface area contributed by atoms with E-state index in [2.05, 4.69) is 19.9 Å². The standard InChI is InChI=1S/C21H20N6O3S/c28-17(7-9-27-16-6-2-1-4-14(16)18(29)24-20(27)30)25-10-12-26(13-11-25)21-23-15-5-3-8-22-19(15)31-21/h1-6,8H,7,9-13H2,(H,24,29,30). The Kier molecular flexibility index (Phi) is 4.99. The highest BCUT2D eigenvalue weighted by Crippen LogP contribution is 2.27. The van der Waals surface area contributed by atoms with E-state index in [1.807, 2.05) is 17.0 Å². The van der Waals surface area contributed by atoms with Gasteiger partial charge in [-0.1, -0.05) is 23.5 Å². The van der Waals surface area contributed by atoms with E-state index in [0.717, 1.165) is 15.5 Å². The molecule has 1 aliphatic heterocycles. The van der Waals surface area contributed by atoms with E-state index in [0.29, 0.717) is 37.1 Å². The molecule has 1 amide bonds. The third kappa shape index (κ3) is 3.70. The number of para-hydroxylation sites is 1. The maximum Gasteiger partial charge on any atom is 0.328 e. The highest BCUT2D eigenvalue weighted by Gasteiger charge is 2.23. The number of hydrogen-bond acceptors (Lipinski definition) is 7. The Morgan fingerprint density at radius 1 is 1.06 bits per heavy atom. The number of thiazole rings is 1. The van der Waals surface area contributed by atoms with Crippen LogP contribution in [0.15, 0.2) is 52.2 Å². The summed E-state index contributed by atoms with van der Waals surface area (Å²) in [6.45, 7) is 2.83. The number of benzene rings is 1. The number of pyridine rings is 1. The zero-order valence-electron chi connectivity index (χ0n) is 16.7. The molecule has 9 nitrogen and oxygen atoms in total. The quantitative estimate of drug-likeness (QED) is 0.519. The van der Waals surface area contributed by atoms with Gasteiger partial charge in [0, 0.05) is 45.3 Å². The van der Waals surface area contributed by atoms with Crippen molar-refractivity contribution in [3.8, 4) is 0 Å². The highest BCUT2D eigenvalue weighted by molar-refractivity contribution is 7.21. The molecule has 1 saturated heterocycles. The fraction of sp³-hybridized carbons (Fsp3) is 0.286. The number of hydrogen-bond donors (Lipinski definition) is 1. The Labute approximate surface area is 180 Å². The Bertz CT molecular complexity index is 1350. The molecular formula is C21H20N6O3S. The van der Waals surface area contributed by atoms with Crippen molar-refractivity contribution in [1.82, 2.24) is 24.4 Å². The van der Waals surface area contributed by atoms with Gasteiger partial charge in [-0.2, -0.15) is 0 Å². The van der Waals surface area contributed by atoms with Crippen molar-refractivity contribution in [3.05, 3.63) is 63.4 Å². The normalized spacial score (nSPS) is 14.5. The van der Waals surface area contributed by atoms with Gasteiger partial charge in [0.25, 0.3) is 5.56 Å². The molecule has 10 heteroatoms. The lowest BCUT2D eigenvalue weighted by atomic mass is 10.2. The SMILES string of the molecule is O=C(CCn1c(=O)[nH]c(=O)c2ccccc21)N1CCN(c2nc3cccnc3s2)CC1. The average molecular weight is 436 g/mol. The first-order valence-corrected chi connectivity index (χ1v) is 10.9. The second-order valence-electron chi connectivity index (χ2n) is 7.37. The fourth-order valence-electron chi connectivity index (χ4n) is 3.87. The van der Waals surface area contributed by atoms with E-state index in [4.69, 9.17) is 0 Å². The van der Waals surface area contributed by atoms with Gasteiger partial charge in [0.15, 0.2) is 5.13 Å². The molecule has 1 aliphatic rings. The average Bonchev–Trinajstić information content (AvgIpc) is 3.23. The van der Waals surface area contributed by atoms with Crippen LogP contribution in [0, 0.1) is 0 Å². The highest BCUT2D eigenvalue weighted by atomic mass is 32.1. The van der Waals surface area contributed by atoms with Crippen LogP contribution in [0.2, 0.25) is 0 Å². The van der Waals surface area contributed by atoms with Crippen LogP contribution in [0.4, 0.5) is 5.13 Å². The number of nitrogens with one attached hydrogen (secondary N) is 1. The molecule has 31 heavy (non-hydrogen) atoms. The zero-order valence-corrected chi connectivity index (χ0v) is 17.5. The van der Waals surface area contributed by atoms with E-state index < -0.39 is 11.2 Å². The topological polar surface area (TPSA) is 104 Å². The summed E-state index contributed by atoms with van der Waals surface area (Å²) in [6.07, 6.45) is 1.96. The van der Waals surface area contributed by atoms with E-state index >= 15 is 0 Å². The van der Waals surface area contributed by atoms with Crippen molar-refractivity contribution < 1.29 is 4.79 Å². The van der Waals surface area contributed by atoms with Gasteiger partial charge in [0.2, 0.25) is 5.91 Å². The summed E-state index contributed by atoms with van der Waals surface area (Å²) in [5, 5.41) is 1.36. The number of aromatic nitrogens is 4. The minimum atomic E-state index is -0.495. The van der Waals surface area contributed by atoms with Gasteiger partial charge in [0.05, 0.1) is 10.9 Å². The van der Waals surface area contributed by atoms with E-state index in [1.165, 1.54) is 4.57 Å². The first-order chi connectivity index (χ1) is 15.1. The monoisotopic (exact) mass is 436 g/mol. The zero-order chi connectivity index (χ0) is 21.4. The molecule has 0 unspecified atom stereocenters. The predicted molar refractivity (Wildman–Crippen MR) is 120 cm³/mol. The van der Waals surface area contributed by atoms with Crippen molar-refractivity contribution >= 4 is 43.6 Å². The third-order valence-corrected chi connectivity index (χ3v) is 6.55. The number of fused-ring (bicyclic) bond motifs is 2. The first-order valence-electron chi connectivity index (χ1n) is 10.1. The first kappa shape index (κ1) is 19.4. The molecule has 4 heterocycles. The predicted octanol–water partition coefficient (Wildman–Crippen LogP) is 1.43. The number of nitrogens with zero attached hydrogens (tertiary/aromatic N) is 5. The van der Waals surface area contributed by atoms with Crippen LogP contribution in [0.25, 0.3) is 21.3 Å². The molecule has 0 atom stereocenters. The Morgan fingerprint density at radius 3 is 2.68 bits per heavy atom. The number of aromatic amines is 1. The molecule has 1 aromatic carbocycles. The van der Waals surface area contributed by atoms with Crippen molar-refractivity contribution in [2.75, 3.05) is 31.1 Å². The second kappa shape index (κ2) is 7.95. The van der Waals surface area contributed by atoms with Crippen molar-refractivity contribution in [2.24, 2.45) is 0 Å². The van der Waals surface area contributed by atoms with Crippen LogP contribution in [0.1, 0.15) is 6.42 Å². The second-order valence-corrected chi connectivity index (χ2v) is 8.33. The fourth-order valence-corrected chi connectivity index (χ4v) is 4.83. The summed E-state index contributed by atoms with van der Waals surface area (Å²) in [7, 11) is 0. The Hall–Kier alpha value is -3.53. The van der Waals surface area contributed by atoms with Gasteiger partial charge in [-0.3, -0.25) is 19.1 Å². The molecule has 5 rings (SSSR count). The number of aryl methyl sites for hydroxylation is 1. The van der Waals surface area contributed by atoms with Crippen LogP contribution in [0.5, 0.6) is 0 Å². The van der Waals surface area contributed by atoms with Crippen LogP contribution in [-0.4, -0.2) is 56.5 Å². The molecular weight excluding hydrogens is 416 g/mol. The summed E-state index contributed by atoms with van der Waals surface area (Å²) in [5.74, 6) is -0.00667. The smallest absolute Gasteiger partial charge is 0.328 e. The van der Waals surface area contributed by atoms with Gasteiger partial charge < -0.3 is 9.80 Å². The van der Waals surface area contributed by atoms with E-state index in [1.54, 1.807) is 41.8 Å². The largest absolute Gasteiger partial charge is 0.344 e. The molecule has 4 aromatic rings. The summed E-state index contributed by atoms with van der Waals surface area (Å²) < 4.78 is 1.46. The number of carbonyl (C=O) groups is 1. The van der Waals surface area contributed by atoms with Crippen LogP contribution < -0.4 is 16.1 Å². The van der Waals surface area contributed by atoms with Crippen molar-refractivity contribution in [2.45, 2.75) is 13.0 Å². The molecule has 0 radical (unpaired) electrons. The van der Waals surface area contributed by atoms with Gasteiger partial charge in [0.1, 0.15) is 10.3 Å². The Balaban J connectivity index is 1.24. The molecule has 1 N–H and O–H groups in total. The molecule has 1 fully saturated rings. The Morgan fingerprint density at radius 2 is 1.87 bits per heavy atom. The summed E-state index contributed by atoms with van der Waals surface area (Å²) in [4.78, 5) is 53.3. The lowest BCUT2D eigenvalue weighted by Gasteiger charge is -2.34. The number of rotatable bonds is 4. The maximum absolute atomic E-state index is 12.8. The van der Waals surface area contributed by atoms with Gasteiger partial charge >= 0.3 is 5.69 Å². The van der Waals surface area contributed by atoms with Gasteiger partial charge in [-0.15, -0.1) is 0 Å². The molecule has 0 saturated carbocycles. The molecule has 0 aliphatic carbocycles. The summed E-state index contributed by atoms with van der Waals surface area (Å²) >= 11 is 1.56. The number of piperazine rings is 1. The summed E-state index contributed by atoms with van der Waals surface area (Å²) in [5.41, 5.74) is 0.521. The maximum atomic E-state index is 12.8. The van der Waals surface area contributed by atoms with Crippen LogP contribution in [0.3, 0.4) is 0 Å².